The third-order valence-corrected chi connectivity index (χ3v) is 7.59. The van der Waals surface area contributed by atoms with Crippen LogP contribution >= 0.6 is 0 Å². The quantitative estimate of drug-likeness (QED) is 0.516. The highest BCUT2D eigenvalue weighted by molar-refractivity contribution is 6.88. The number of hydrogen-bond donors (Lipinski definition) is 3. The number of amides is 3. The summed E-state index contributed by atoms with van der Waals surface area (Å²) in [6, 6.07) is 10.8. The Hall–Kier alpha value is -3.04. The second-order valence-corrected chi connectivity index (χ2v) is 14.3. The molecule has 2 aromatic rings. The van der Waals surface area contributed by atoms with Gasteiger partial charge in [-0.05, 0) is 28.4 Å². The van der Waals surface area contributed by atoms with Crippen LogP contribution in [-0.4, -0.2) is 39.4 Å². The number of hydrogen-bond acceptors (Lipinski definition) is 4. The van der Waals surface area contributed by atoms with Crippen LogP contribution in [0.5, 0.6) is 0 Å². The number of methoxy groups -OCH3 is 1. The molecule has 0 aromatic heterocycles. The SMILES string of the molecule is COCc1ccc([C@@H](NC(=O)C2CNC(=O)C2)C(=O)Nc2ccc([Si](C)(C)C)c(F)c2)cc1. The molecular formula is C24H30FN3O4Si. The highest BCUT2D eigenvalue weighted by Gasteiger charge is 2.32. The molecule has 33 heavy (non-hydrogen) atoms. The van der Waals surface area contributed by atoms with Gasteiger partial charge < -0.3 is 20.7 Å². The van der Waals surface area contributed by atoms with Crippen LogP contribution in [0.15, 0.2) is 42.5 Å². The number of rotatable bonds is 8. The first-order valence-corrected chi connectivity index (χ1v) is 14.3. The lowest BCUT2D eigenvalue weighted by Gasteiger charge is -2.22. The maximum Gasteiger partial charge on any atom is 0.251 e. The van der Waals surface area contributed by atoms with E-state index in [9.17, 15) is 18.8 Å². The molecule has 1 fully saturated rings. The van der Waals surface area contributed by atoms with Gasteiger partial charge in [-0.3, -0.25) is 14.4 Å². The van der Waals surface area contributed by atoms with Crippen LogP contribution in [0, 0.1) is 11.7 Å². The van der Waals surface area contributed by atoms with Crippen LogP contribution < -0.4 is 21.1 Å². The Kier molecular flexibility index (Phi) is 7.65. The van der Waals surface area contributed by atoms with Crippen molar-refractivity contribution in [2.45, 2.75) is 38.7 Å². The van der Waals surface area contributed by atoms with Crippen molar-refractivity contribution in [3.05, 3.63) is 59.4 Å². The van der Waals surface area contributed by atoms with Crippen LogP contribution in [0.4, 0.5) is 10.1 Å². The molecule has 0 radical (unpaired) electrons. The Balaban J connectivity index is 1.83. The van der Waals surface area contributed by atoms with Gasteiger partial charge in [-0.2, -0.15) is 0 Å². The number of benzene rings is 2. The lowest BCUT2D eigenvalue weighted by molar-refractivity contribution is -0.129. The molecular weight excluding hydrogens is 441 g/mol. The Morgan fingerprint density at radius 1 is 1.18 bits per heavy atom. The van der Waals surface area contributed by atoms with E-state index in [1.807, 2.05) is 31.8 Å². The van der Waals surface area contributed by atoms with Gasteiger partial charge in [-0.15, -0.1) is 0 Å². The molecule has 7 nitrogen and oxygen atoms in total. The molecule has 3 amide bonds. The van der Waals surface area contributed by atoms with Gasteiger partial charge >= 0.3 is 0 Å². The van der Waals surface area contributed by atoms with E-state index >= 15 is 0 Å². The fourth-order valence-corrected chi connectivity index (χ4v) is 5.11. The van der Waals surface area contributed by atoms with Crippen molar-refractivity contribution >= 4 is 36.7 Å². The molecule has 1 saturated heterocycles. The highest BCUT2D eigenvalue weighted by atomic mass is 28.3. The maximum absolute atomic E-state index is 14.7. The Bertz CT molecular complexity index is 1040. The number of carbonyl (C=O) groups excluding carboxylic acids is 3. The minimum atomic E-state index is -1.86. The lowest BCUT2D eigenvalue weighted by Crippen LogP contribution is -2.41. The summed E-state index contributed by atoms with van der Waals surface area (Å²) in [4.78, 5) is 37.4. The van der Waals surface area contributed by atoms with Crippen molar-refractivity contribution in [1.29, 1.82) is 0 Å². The van der Waals surface area contributed by atoms with Crippen LogP contribution in [0.3, 0.4) is 0 Å². The zero-order valence-corrected chi connectivity index (χ0v) is 20.3. The van der Waals surface area contributed by atoms with E-state index in [-0.39, 0.29) is 24.7 Å². The summed E-state index contributed by atoms with van der Waals surface area (Å²) in [5.74, 6) is -1.99. The normalized spacial score (nSPS) is 16.8. The second kappa shape index (κ2) is 10.3. The van der Waals surface area contributed by atoms with E-state index in [1.54, 1.807) is 31.4 Å². The molecule has 2 atom stereocenters. The van der Waals surface area contributed by atoms with E-state index in [0.717, 1.165) is 5.56 Å². The van der Waals surface area contributed by atoms with Crippen molar-refractivity contribution < 1.29 is 23.5 Å². The summed E-state index contributed by atoms with van der Waals surface area (Å²) >= 11 is 0. The van der Waals surface area contributed by atoms with Crippen molar-refractivity contribution in [3.63, 3.8) is 0 Å². The number of halogens is 1. The summed E-state index contributed by atoms with van der Waals surface area (Å²) < 4.78 is 19.8. The average Bonchev–Trinajstić information content (AvgIpc) is 3.18. The fourth-order valence-electron chi connectivity index (χ4n) is 3.74. The largest absolute Gasteiger partial charge is 0.380 e. The molecule has 0 saturated carbocycles. The standard InChI is InChI=1S/C24H30FN3O4Si/c1-32-14-15-5-7-16(8-6-15)22(28-23(30)17-11-21(29)26-13-17)24(31)27-18-9-10-20(19(25)12-18)33(2,3)4/h5-10,12,17,22H,11,13-14H2,1-4H3,(H,26,29)(H,27,31)(H,28,30)/t17?,22-/m1/s1. The molecule has 1 aliphatic rings. The Morgan fingerprint density at radius 2 is 1.88 bits per heavy atom. The van der Waals surface area contributed by atoms with Gasteiger partial charge in [-0.25, -0.2) is 4.39 Å². The van der Waals surface area contributed by atoms with Crippen LogP contribution in [-0.2, 0) is 25.7 Å². The predicted molar refractivity (Wildman–Crippen MR) is 127 cm³/mol. The molecule has 9 heteroatoms. The first-order chi connectivity index (χ1) is 15.6. The van der Waals surface area contributed by atoms with Crippen molar-refractivity contribution in [3.8, 4) is 0 Å². The molecule has 0 bridgehead atoms. The number of carbonyl (C=O) groups is 3. The molecule has 2 aromatic carbocycles. The third kappa shape index (κ3) is 6.26. The molecule has 0 aliphatic carbocycles. The predicted octanol–water partition coefficient (Wildman–Crippen LogP) is 2.45. The zero-order valence-electron chi connectivity index (χ0n) is 19.3. The molecule has 176 valence electrons. The smallest absolute Gasteiger partial charge is 0.251 e. The molecule has 1 aliphatic heterocycles. The Morgan fingerprint density at radius 3 is 2.42 bits per heavy atom. The minimum Gasteiger partial charge on any atom is -0.380 e. The van der Waals surface area contributed by atoms with Gasteiger partial charge in [0.05, 0.1) is 20.6 Å². The summed E-state index contributed by atoms with van der Waals surface area (Å²) in [7, 11) is -0.267. The van der Waals surface area contributed by atoms with E-state index in [4.69, 9.17) is 4.74 Å². The Labute approximate surface area is 194 Å². The van der Waals surface area contributed by atoms with Gasteiger partial charge in [-0.1, -0.05) is 50.0 Å². The molecule has 1 unspecified atom stereocenters. The van der Waals surface area contributed by atoms with Crippen LogP contribution in [0.25, 0.3) is 0 Å². The van der Waals surface area contributed by atoms with E-state index < -0.39 is 31.8 Å². The molecule has 3 N–H and O–H groups in total. The first-order valence-electron chi connectivity index (χ1n) is 10.8. The summed E-state index contributed by atoms with van der Waals surface area (Å²) in [6.07, 6.45) is 0.0797. The maximum atomic E-state index is 14.7. The second-order valence-electron chi connectivity index (χ2n) is 9.26. The van der Waals surface area contributed by atoms with E-state index in [0.29, 0.717) is 23.0 Å². The number of ether oxygens (including phenoxy) is 1. The average molecular weight is 472 g/mol. The van der Waals surface area contributed by atoms with Gasteiger partial charge in [0.2, 0.25) is 11.8 Å². The zero-order chi connectivity index (χ0) is 24.2. The highest BCUT2D eigenvalue weighted by Crippen LogP contribution is 2.20. The van der Waals surface area contributed by atoms with Gasteiger partial charge in [0.15, 0.2) is 0 Å². The van der Waals surface area contributed by atoms with Crippen molar-refractivity contribution in [2.24, 2.45) is 5.92 Å². The molecule has 1 heterocycles. The fraction of sp³-hybridized carbons (Fsp3) is 0.375. The van der Waals surface area contributed by atoms with Crippen LogP contribution in [0.2, 0.25) is 19.6 Å². The minimum absolute atomic E-state index is 0.0797. The van der Waals surface area contributed by atoms with Gasteiger partial charge in [0, 0.05) is 25.8 Å². The first kappa shape index (κ1) is 24.6. The number of nitrogens with one attached hydrogen (secondary N) is 3. The van der Waals surface area contributed by atoms with Crippen molar-refractivity contribution in [2.75, 3.05) is 19.0 Å². The summed E-state index contributed by atoms with van der Waals surface area (Å²) in [5.41, 5.74) is 1.80. The summed E-state index contributed by atoms with van der Waals surface area (Å²) in [6.45, 7) is 6.79. The van der Waals surface area contributed by atoms with Crippen LogP contribution in [0.1, 0.15) is 23.6 Å². The van der Waals surface area contributed by atoms with Gasteiger partial charge in [0.1, 0.15) is 11.9 Å². The van der Waals surface area contributed by atoms with E-state index in [1.165, 1.54) is 6.07 Å². The third-order valence-electron chi connectivity index (χ3n) is 5.57. The monoisotopic (exact) mass is 471 g/mol. The topological polar surface area (TPSA) is 96.5 Å². The lowest BCUT2D eigenvalue weighted by atomic mass is 10.0. The molecule has 0 spiro atoms. The summed E-state index contributed by atoms with van der Waals surface area (Å²) in [5, 5.41) is 8.78. The van der Waals surface area contributed by atoms with Crippen molar-refractivity contribution in [1.82, 2.24) is 10.6 Å². The van der Waals surface area contributed by atoms with E-state index in [2.05, 4.69) is 16.0 Å². The number of anilines is 1. The molecule has 3 rings (SSSR count). The van der Waals surface area contributed by atoms with Gasteiger partial charge in [0.25, 0.3) is 5.91 Å².